The summed E-state index contributed by atoms with van der Waals surface area (Å²) in [5, 5.41) is 0. The van der Waals surface area contributed by atoms with Gasteiger partial charge in [-0.3, -0.25) is 33.6 Å². The molecule has 0 aliphatic rings. The van der Waals surface area contributed by atoms with E-state index in [2.05, 4.69) is 187 Å². The third-order valence-electron chi connectivity index (χ3n) is 19.7. The number of Topliss-reactive ketones (excluding diaryl/α,β-unsaturated/α-hetero) is 2. The molecule has 31 heteroatoms. The van der Waals surface area contributed by atoms with Crippen molar-refractivity contribution in [3.05, 3.63) is 0 Å². The molecule has 0 aromatic carbocycles. The van der Waals surface area contributed by atoms with Gasteiger partial charge in [0.2, 0.25) is 0 Å². The first-order valence-electron chi connectivity index (χ1n) is 44.9. The maximum atomic E-state index is 11.3. The number of likely N-dealkylation sites (N-methyl/N-ethyl adjacent to an activating group) is 4. The van der Waals surface area contributed by atoms with Crippen LogP contribution in [0.3, 0.4) is 0 Å². The maximum absolute atomic E-state index is 11.3. The zero-order valence-corrected chi connectivity index (χ0v) is 88.9. The molecule has 1 unspecified atom stereocenters. The Morgan fingerprint density at radius 1 is 0.252 bits per heavy atom. The van der Waals surface area contributed by atoms with Crippen molar-refractivity contribution < 1.29 is 145 Å². The first kappa shape index (κ1) is 140. The van der Waals surface area contributed by atoms with Crippen molar-refractivity contribution in [1.82, 2.24) is 0 Å². The molecule has 0 spiro atoms. The molecule has 0 radical (unpaired) electrons. The first-order chi connectivity index (χ1) is 55.9. The summed E-state index contributed by atoms with van der Waals surface area (Å²) in [5.41, 5.74) is 0. The lowest BCUT2D eigenvalue weighted by atomic mass is 10.1. The number of methoxy groups -OCH3 is 4. The monoisotopic (exact) mass is 1790 g/mol. The highest BCUT2D eigenvalue weighted by atomic mass is 16.6. The lowest BCUT2D eigenvalue weighted by molar-refractivity contribution is -0.909. The second-order valence-corrected chi connectivity index (χ2v) is 38.5. The van der Waals surface area contributed by atoms with Crippen molar-refractivity contribution in [2.75, 3.05) is 361 Å². The molecule has 0 bridgehead atoms. The van der Waals surface area contributed by atoms with Gasteiger partial charge in [-0.05, 0) is 117 Å². The molecular weight excluding hydrogens is 1580 g/mol. The summed E-state index contributed by atoms with van der Waals surface area (Å²) in [5.74, 6) is -0.512. The largest absolute Gasteiger partial charge is 0.469 e. The standard InChI is InChI=1S/C12H26NO2.C10H22NO2.C10H22NO.C9H20NO.3C8H18NO2.3C7H16NO2.C6H14NO2/c1-5-9-13(4,10-6-2)11-8-12(14)15-7-3;1-5-11(4,6-2)9-8-10(12)13-7-3;1-5-11(4,6-2)9-7-8-10(3)12;1-5-10(4,6-2)8-7-9(3)11;1-7(8(10)11-5)6-9(2,3)4;1-5-11-8(10)6-7-9(2,3)4;1-5-9(3,6-2)7-8(10)11-4;1-8(2,3)6-5-7(9)10-4;1-7(9)10-6-5-8(2,3)4;1-5-10-7(9)6-8(2,3)4;1-7(2,3)5-6(8)9-4/h5-11H2,1-4H3;5-9H2,1-4H3;5-9H2,1-4H3;5-8H2,1-4H3;7H,6H2,1-5H3;2*5-7H2,1-4H3;3*5-6H2,1-4H3;5H2,1-4H3/q11*+1. The fourth-order valence-corrected chi connectivity index (χ4v) is 9.98. The number of rotatable bonds is 47. The van der Waals surface area contributed by atoms with Crippen molar-refractivity contribution in [2.24, 2.45) is 5.92 Å². The second-order valence-electron chi connectivity index (χ2n) is 38.5. The molecule has 1 atom stereocenters. The van der Waals surface area contributed by atoms with Crippen LogP contribution in [-0.2, 0) is 95.4 Å². The number of esters is 9. The topological polar surface area (TPSA) is 271 Å². The van der Waals surface area contributed by atoms with Gasteiger partial charge in [-0.1, -0.05) is 13.8 Å². The van der Waals surface area contributed by atoms with Gasteiger partial charge in [0.15, 0.2) is 19.6 Å². The van der Waals surface area contributed by atoms with E-state index in [4.69, 9.17) is 23.7 Å². The zero-order valence-electron chi connectivity index (χ0n) is 88.9. The van der Waals surface area contributed by atoms with Gasteiger partial charge in [-0.25, -0.2) is 14.4 Å². The molecule has 0 N–H and O–H groups in total. The number of nitrogens with zero attached hydrogens (tertiary/aromatic N) is 11. The van der Waals surface area contributed by atoms with Crippen LogP contribution in [0.25, 0.3) is 0 Å². The van der Waals surface area contributed by atoms with Crippen LogP contribution < -0.4 is 0 Å². The summed E-state index contributed by atoms with van der Waals surface area (Å²) in [6, 6.07) is 0. The molecule has 0 aliphatic carbocycles. The molecule has 738 valence electrons. The molecular formula is C92H206N11O20+11. The number of hydrogen-bond donors (Lipinski definition) is 0. The van der Waals surface area contributed by atoms with Gasteiger partial charge >= 0.3 is 53.7 Å². The van der Waals surface area contributed by atoms with Crippen LogP contribution >= 0.6 is 0 Å². The number of carbonyl (C=O) groups excluding carboxylic acids is 11. The van der Waals surface area contributed by atoms with Crippen molar-refractivity contribution in [2.45, 2.75) is 182 Å². The molecule has 0 saturated carbocycles. The quantitative estimate of drug-likeness (QED) is 0.0312. The molecule has 0 aliphatic heterocycles. The molecule has 123 heavy (non-hydrogen) atoms. The van der Waals surface area contributed by atoms with E-state index in [0.717, 1.165) is 177 Å². The van der Waals surface area contributed by atoms with Crippen LogP contribution in [0.2, 0.25) is 0 Å². The zero-order chi connectivity index (χ0) is 99.5. The number of quaternary nitrogens is 11. The lowest BCUT2D eigenvalue weighted by Gasteiger charge is -2.33. The molecule has 0 saturated heterocycles. The highest BCUT2D eigenvalue weighted by Crippen LogP contribution is 2.11. The summed E-state index contributed by atoms with van der Waals surface area (Å²) in [6.45, 7) is 57.5. The van der Waals surface area contributed by atoms with Crippen molar-refractivity contribution in [1.29, 1.82) is 0 Å². The third kappa shape index (κ3) is 116. The van der Waals surface area contributed by atoms with Crippen molar-refractivity contribution in [3.63, 3.8) is 0 Å². The van der Waals surface area contributed by atoms with E-state index in [0.29, 0.717) is 98.9 Å². The summed E-state index contributed by atoms with van der Waals surface area (Å²) in [7, 11) is 52.9. The number of ether oxygens (including phenoxy) is 9. The fourth-order valence-electron chi connectivity index (χ4n) is 9.98. The van der Waals surface area contributed by atoms with E-state index in [1.807, 2.05) is 98.0 Å². The van der Waals surface area contributed by atoms with Gasteiger partial charge in [0.05, 0.1) is 360 Å². The van der Waals surface area contributed by atoms with Crippen LogP contribution in [0.4, 0.5) is 0 Å². The van der Waals surface area contributed by atoms with E-state index in [9.17, 15) is 52.7 Å². The molecule has 0 amide bonds. The number of carbonyl (C=O) groups is 11. The smallest absolute Gasteiger partial charge is 0.361 e. The predicted octanol–water partition coefficient (Wildman–Crippen LogP) is 9.35. The average Bonchev–Trinajstić information content (AvgIpc) is 0.922. The summed E-state index contributed by atoms with van der Waals surface area (Å²) in [6.07, 6.45) is 6.92. The number of ketones is 2. The van der Waals surface area contributed by atoms with Crippen molar-refractivity contribution in [3.8, 4) is 0 Å². The molecule has 31 nitrogen and oxygen atoms in total. The van der Waals surface area contributed by atoms with Gasteiger partial charge < -0.3 is 96.7 Å². The lowest BCUT2D eigenvalue weighted by Crippen LogP contribution is -2.47. The van der Waals surface area contributed by atoms with Gasteiger partial charge in [0.25, 0.3) is 0 Å². The number of hydrogen-bond acceptors (Lipinski definition) is 20. The van der Waals surface area contributed by atoms with Crippen LogP contribution in [0.5, 0.6) is 0 Å². The summed E-state index contributed by atoms with van der Waals surface area (Å²) >= 11 is 0. The van der Waals surface area contributed by atoms with E-state index in [1.54, 1.807) is 13.8 Å². The molecule has 0 rings (SSSR count). The molecule has 0 fully saturated rings. The minimum Gasteiger partial charge on any atom is -0.469 e. The Labute approximate surface area is 755 Å². The maximum Gasteiger partial charge on any atom is 0.361 e. The Morgan fingerprint density at radius 2 is 0.528 bits per heavy atom. The first-order valence-corrected chi connectivity index (χ1v) is 44.9. The Morgan fingerprint density at radius 3 is 0.780 bits per heavy atom. The highest BCUT2D eigenvalue weighted by molar-refractivity contribution is 5.76. The minimum atomic E-state index is -0.201. The highest BCUT2D eigenvalue weighted by Gasteiger charge is 2.26. The molecule has 0 aromatic heterocycles. The van der Waals surface area contributed by atoms with Gasteiger partial charge in [0, 0.05) is 19.8 Å². The van der Waals surface area contributed by atoms with Gasteiger partial charge in [-0.15, -0.1) is 0 Å². The molecule has 0 heterocycles. The Bertz CT molecular complexity index is 2680. The van der Waals surface area contributed by atoms with Crippen LogP contribution in [0.15, 0.2) is 0 Å². The van der Waals surface area contributed by atoms with Crippen LogP contribution in [0.1, 0.15) is 182 Å². The summed E-state index contributed by atoms with van der Waals surface area (Å²) in [4.78, 5) is 119. The van der Waals surface area contributed by atoms with Gasteiger partial charge in [-0.2, -0.15) is 0 Å². The summed E-state index contributed by atoms with van der Waals surface area (Å²) < 4.78 is 51.6. The van der Waals surface area contributed by atoms with E-state index in [1.165, 1.54) is 48.2 Å². The van der Waals surface area contributed by atoms with Crippen LogP contribution in [-0.4, -0.2) is 476 Å². The third-order valence-corrected chi connectivity index (χ3v) is 19.7. The Kier molecular flexibility index (Phi) is 89.4. The minimum absolute atomic E-state index is 0.0139. The van der Waals surface area contributed by atoms with E-state index in [-0.39, 0.29) is 59.6 Å². The Balaban J connectivity index is -0.000000125. The van der Waals surface area contributed by atoms with E-state index >= 15 is 0 Å². The normalized spacial score (nSPS) is 11.6. The molecule has 0 aromatic rings. The fraction of sp³-hybridized carbons (Fsp3) is 0.880. The average molecular weight is 1790 g/mol. The van der Waals surface area contributed by atoms with Gasteiger partial charge in [0.1, 0.15) is 30.6 Å². The SMILES string of the molecule is CC(=O)OCC[N+](C)(C)C.CCC[N+](C)(CCC)CCC(=O)OCC.CCOC(=O)CC[N+](C)(C)C.CCOC(=O)CC[N+](C)(CC)CC.CCOC(=O)C[N+](C)(C)C.CC[N+](C)(CC)CC(=O)OC.CC[N+](C)(CC)CCC(C)=O.CC[N+](C)(CC)CCCC(C)=O.COC(=O)C(C)C[N+](C)(C)C.COC(=O)CC[N+](C)(C)C.COC(=O)C[N+](C)(C)C. The Hall–Kier alpha value is -5.87. The van der Waals surface area contributed by atoms with Crippen LogP contribution in [0, 0.1) is 5.92 Å². The predicted molar refractivity (Wildman–Crippen MR) is 501 cm³/mol. The van der Waals surface area contributed by atoms with E-state index < -0.39 is 0 Å². The van der Waals surface area contributed by atoms with Crippen molar-refractivity contribution >= 4 is 65.3 Å². The second kappa shape index (κ2) is 78.4.